The number of benzene rings is 3. The highest BCUT2D eigenvalue weighted by molar-refractivity contribution is 5.92. The van der Waals surface area contributed by atoms with Crippen molar-refractivity contribution in [2.24, 2.45) is 11.6 Å². The average molecular weight is 469 g/mol. The van der Waals surface area contributed by atoms with Gasteiger partial charge in [0.1, 0.15) is 0 Å². The Kier molecular flexibility index (Phi) is 8.12. The van der Waals surface area contributed by atoms with Crippen molar-refractivity contribution in [2.45, 2.75) is 25.3 Å². The first-order valence-electron chi connectivity index (χ1n) is 10.4. The molecule has 0 fully saturated rings. The van der Waals surface area contributed by atoms with Crippen LogP contribution < -0.4 is 22.4 Å². The Hall–Kier alpha value is -4.02. The van der Waals surface area contributed by atoms with Crippen LogP contribution in [-0.4, -0.2) is 28.1 Å². The van der Waals surface area contributed by atoms with Gasteiger partial charge >= 0.3 is 0 Å². The van der Waals surface area contributed by atoms with Gasteiger partial charge < -0.3 is 16.1 Å². The number of rotatable bonds is 9. The molecule has 2 amide bonds. The van der Waals surface area contributed by atoms with Crippen LogP contribution in [-0.2, 0) is 16.0 Å². The van der Waals surface area contributed by atoms with E-state index in [0.29, 0.717) is 6.42 Å². The zero-order chi connectivity index (χ0) is 24.7. The van der Waals surface area contributed by atoms with E-state index in [1.54, 1.807) is 5.48 Å². The van der Waals surface area contributed by atoms with Crippen LogP contribution in [0, 0.1) is 11.6 Å². The van der Waals surface area contributed by atoms with Gasteiger partial charge in [-0.1, -0.05) is 42.5 Å². The lowest BCUT2D eigenvalue weighted by molar-refractivity contribution is -0.130. The summed E-state index contributed by atoms with van der Waals surface area (Å²) in [5.41, 5.74) is 8.61. The predicted molar refractivity (Wildman–Crippen MR) is 124 cm³/mol. The number of hydrogen-bond acceptors (Lipinski definition) is 6. The molecule has 3 rings (SSSR count). The molecule has 0 bridgehead atoms. The quantitative estimate of drug-likeness (QED) is 0.186. The Bertz CT molecular complexity index is 1220. The van der Waals surface area contributed by atoms with Gasteiger partial charge in [0.15, 0.2) is 11.6 Å². The third-order valence-corrected chi connectivity index (χ3v) is 5.14. The van der Waals surface area contributed by atoms with Gasteiger partial charge in [0.25, 0.3) is 0 Å². The number of hydroxylamine groups is 1. The van der Waals surface area contributed by atoms with Crippen LogP contribution in [0.5, 0.6) is 0 Å². The molecular weight excluding hydrogens is 444 g/mol. The summed E-state index contributed by atoms with van der Waals surface area (Å²) in [6.07, 6.45) is 1.27. The fraction of sp³-hybridized carbons (Fsp3) is 0.167. The van der Waals surface area contributed by atoms with Crippen molar-refractivity contribution in [3.63, 3.8) is 0 Å². The van der Waals surface area contributed by atoms with Crippen LogP contribution in [0.25, 0.3) is 10.8 Å². The molecule has 0 saturated carbocycles. The van der Waals surface area contributed by atoms with Gasteiger partial charge in [0, 0.05) is 23.7 Å². The zero-order valence-corrected chi connectivity index (χ0v) is 18.2. The lowest BCUT2D eigenvalue weighted by atomic mass is 9.99. The number of hydrogen-bond donors (Lipinski definition) is 5. The molecule has 3 aromatic carbocycles. The molecule has 34 heavy (non-hydrogen) atoms. The lowest BCUT2D eigenvalue weighted by Gasteiger charge is -2.26. The molecule has 10 heteroatoms. The molecule has 1 unspecified atom stereocenters. The maximum Gasteiger partial charge on any atom is 0.245 e. The molecule has 0 aliphatic carbocycles. The number of carbonyl (C=O) groups is 2. The Morgan fingerprint density at radius 1 is 1.00 bits per heavy atom. The summed E-state index contributed by atoms with van der Waals surface area (Å²) in [5.74, 6) is 2.82. The second-order valence-corrected chi connectivity index (χ2v) is 7.78. The maximum atomic E-state index is 13.3. The zero-order valence-electron chi connectivity index (χ0n) is 18.2. The van der Waals surface area contributed by atoms with Gasteiger partial charge in [-0.2, -0.15) is 0 Å². The van der Waals surface area contributed by atoms with E-state index in [2.05, 4.69) is 5.32 Å². The molecule has 0 aliphatic heterocycles. The van der Waals surface area contributed by atoms with Crippen LogP contribution in [0.3, 0.4) is 0 Å². The van der Waals surface area contributed by atoms with Gasteiger partial charge in [-0.05, 0) is 34.9 Å². The molecule has 0 saturated heterocycles. The molecule has 7 N–H and O–H groups in total. The van der Waals surface area contributed by atoms with Gasteiger partial charge in [0.2, 0.25) is 11.8 Å². The van der Waals surface area contributed by atoms with E-state index in [1.165, 1.54) is 17.3 Å². The van der Waals surface area contributed by atoms with E-state index in [0.717, 1.165) is 28.5 Å². The molecular formula is C24H25F2N5O3. The molecule has 0 heterocycles. The normalized spacial score (nSPS) is 12.3. The largest absolute Gasteiger partial charge is 0.400 e. The van der Waals surface area contributed by atoms with Crippen LogP contribution in [0.4, 0.5) is 14.5 Å². The number of fused-ring (bicyclic) bond motifs is 1. The van der Waals surface area contributed by atoms with Crippen molar-refractivity contribution in [2.75, 3.05) is 5.32 Å². The summed E-state index contributed by atoms with van der Waals surface area (Å²) in [6, 6.07) is 16.1. The number of anilines is 1. The summed E-state index contributed by atoms with van der Waals surface area (Å²) in [7, 11) is 0. The van der Waals surface area contributed by atoms with E-state index in [1.807, 2.05) is 42.5 Å². The van der Waals surface area contributed by atoms with Crippen LogP contribution >= 0.6 is 0 Å². The SMILES string of the molecule is N/C(=C\N(N)C(CC(=O)NO)Cc1ccc2ccccc2c1)CC(=O)Nc1ccc(F)c(F)c1. The Labute approximate surface area is 194 Å². The van der Waals surface area contributed by atoms with Gasteiger partial charge in [0.05, 0.1) is 18.9 Å². The van der Waals surface area contributed by atoms with Crippen molar-refractivity contribution in [1.82, 2.24) is 10.5 Å². The van der Waals surface area contributed by atoms with E-state index in [-0.39, 0.29) is 24.2 Å². The van der Waals surface area contributed by atoms with E-state index >= 15 is 0 Å². The minimum Gasteiger partial charge on any atom is -0.400 e. The summed E-state index contributed by atoms with van der Waals surface area (Å²) in [4.78, 5) is 24.0. The number of nitrogens with two attached hydrogens (primary N) is 2. The fourth-order valence-electron chi connectivity index (χ4n) is 3.49. The molecule has 178 valence electrons. The average Bonchev–Trinajstić information content (AvgIpc) is 2.80. The summed E-state index contributed by atoms with van der Waals surface area (Å²) < 4.78 is 26.3. The van der Waals surface area contributed by atoms with Crippen LogP contribution in [0.1, 0.15) is 18.4 Å². The summed E-state index contributed by atoms with van der Waals surface area (Å²) in [6.45, 7) is 0. The van der Waals surface area contributed by atoms with Gasteiger partial charge in [-0.15, -0.1) is 0 Å². The Morgan fingerprint density at radius 2 is 1.74 bits per heavy atom. The highest BCUT2D eigenvalue weighted by atomic mass is 19.2. The predicted octanol–water partition coefficient (Wildman–Crippen LogP) is 2.93. The molecule has 3 aromatic rings. The van der Waals surface area contributed by atoms with E-state index in [4.69, 9.17) is 16.8 Å². The second kappa shape index (κ2) is 11.2. The first-order valence-corrected chi connectivity index (χ1v) is 10.4. The third kappa shape index (κ3) is 6.74. The Morgan fingerprint density at radius 3 is 2.44 bits per heavy atom. The number of amides is 2. The summed E-state index contributed by atoms with van der Waals surface area (Å²) in [5, 5.41) is 14.7. The molecule has 0 aromatic heterocycles. The van der Waals surface area contributed by atoms with Crippen molar-refractivity contribution in [3.05, 3.63) is 89.8 Å². The number of carbonyl (C=O) groups excluding carboxylic acids is 2. The fourth-order valence-corrected chi connectivity index (χ4v) is 3.49. The minimum absolute atomic E-state index is 0.0788. The maximum absolute atomic E-state index is 13.3. The Balaban J connectivity index is 1.69. The minimum atomic E-state index is -1.09. The number of nitrogens with zero attached hydrogens (tertiary/aromatic N) is 1. The molecule has 0 aliphatic rings. The second-order valence-electron chi connectivity index (χ2n) is 7.78. The molecule has 0 spiro atoms. The standard InChI is InChI=1S/C24H25F2N5O3/c25-21-8-7-19(12-22(21)26)29-23(32)11-18(27)14-31(28)20(13-24(33)30-34)10-15-5-6-16-3-1-2-4-17(16)9-15/h1-9,12,14,20,34H,10-11,13,27-28H2,(H,29,32)(H,30,33)/b18-14-. The smallest absolute Gasteiger partial charge is 0.245 e. The van der Waals surface area contributed by atoms with Crippen molar-refractivity contribution in [3.8, 4) is 0 Å². The third-order valence-electron chi connectivity index (χ3n) is 5.14. The van der Waals surface area contributed by atoms with Crippen molar-refractivity contribution < 1.29 is 23.6 Å². The molecule has 0 radical (unpaired) electrons. The highest BCUT2D eigenvalue weighted by Crippen LogP contribution is 2.19. The first-order chi connectivity index (χ1) is 16.2. The number of nitrogens with one attached hydrogen (secondary N) is 2. The lowest BCUT2D eigenvalue weighted by Crippen LogP contribution is -2.42. The first kappa shape index (κ1) is 24.6. The monoisotopic (exact) mass is 469 g/mol. The number of halogens is 2. The highest BCUT2D eigenvalue weighted by Gasteiger charge is 2.19. The van der Waals surface area contributed by atoms with Gasteiger partial charge in [-0.25, -0.2) is 20.1 Å². The van der Waals surface area contributed by atoms with E-state index in [9.17, 15) is 18.4 Å². The van der Waals surface area contributed by atoms with Gasteiger partial charge in [-0.3, -0.25) is 14.8 Å². The van der Waals surface area contributed by atoms with Crippen molar-refractivity contribution in [1.29, 1.82) is 0 Å². The molecule has 8 nitrogen and oxygen atoms in total. The van der Waals surface area contributed by atoms with Crippen molar-refractivity contribution >= 4 is 28.3 Å². The number of hydrazine groups is 1. The summed E-state index contributed by atoms with van der Waals surface area (Å²) >= 11 is 0. The molecule has 1 atom stereocenters. The van der Waals surface area contributed by atoms with Crippen LogP contribution in [0.15, 0.2) is 72.6 Å². The van der Waals surface area contributed by atoms with E-state index < -0.39 is 29.5 Å². The topological polar surface area (TPSA) is 134 Å². The van der Waals surface area contributed by atoms with Crippen LogP contribution in [0.2, 0.25) is 0 Å².